The van der Waals surface area contributed by atoms with Crippen LogP contribution in [0.2, 0.25) is 5.02 Å². The van der Waals surface area contributed by atoms with Crippen LogP contribution in [0, 0.1) is 0 Å². The first-order valence-electron chi connectivity index (χ1n) is 8.97. The summed E-state index contributed by atoms with van der Waals surface area (Å²) in [5.74, 6) is 0.765. The van der Waals surface area contributed by atoms with Gasteiger partial charge in [-0.15, -0.1) is 0 Å². The van der Waals surface area contributed by atoms with E-state index in [0.717, 1.165) is 35.8 Å². The number of benzene rings is 2. The summed E-state index contributed by atoms with van der Waals surface area (Å²) in [5, 5.41) is 6.90. The van der Waals surface area contributed by atoms with E-state index < -0.39 is 0 Å². The monoisotopic (exact) mass is 379 g/mol. The summed E-state index contributed by atoms with van der Waals surface area (Å²) in [7, 11) is 0. The van der Waals surface area contributed by atoms with Crippen molar-refractivity contribution in [3.05, 3.63) is 89.1 Å². The summed E-state index contributed by atoms with van der Waals surface area (Å²) in [6, 6.07) is 21.5. The lowest BCUT2D eigenvalue weighted by Gasteiger charge is -2.08. The molecule has 0 spiro atoms. The molecule has 3 aromatic rings. The van der Waals surface area contributed by atoms with Crippen molar-refractivity contribution in [1.82, 2.24) is 4.98 Å². The van der Waals surface area contributed by atoms with Gasteiger partial charge in [-0.05, 0) is 48.2 Å². The third-order valence-corrected chi connectivity index (χ3v) is 4.37. The van der Waals surface area contributed by atoms with Gasteiger partial charge in [0, 0.05) is 18.0 Å². The fourth-order valence-electron chi connectivity index (χ4n) is 2.73. The van der Waals surface area contributed by atoms with E-state index in [1.165, 1.54) is 5.56 Å². The minimum absolute atomic E-state index is 0.0117. The molecule has 2 aromatic carbocycles. The van der Waals surface area contributed by atoms with E-state index in [1.807, 2.05) is 60.7 Å². The van der Waals surface area contributed by atoms with Gasteiger partial charge in [0.2, 0.25) is 5.91 Å². The fraction of sp³-hybridized carbons (Fsp3) is 0.182. The zero-order valence-electron chi connectivity index (χ0n) is 15.0. The van der Waals surface area contributed by atoms with Gasteiger partial charge in [0.25, 0.3) is 0 Å². The predicted octanol–water partition coefficient (Wildman–Crippen LogP) is 4.96. The summed E-state index contributed by atoms with van der Waals surface area (Å²) in [6.45, 7) is 0.760. The first kappa shape index (κ1) is 18.9. The maximum Gasteiger partial charge on any atom is 0.224 e. The number of nitrogens with one attached hydrogen (secondary N) is 2. The van der Waals surface area contributed by atoms with E-state index in [0.29, 0.717) is 12.1 Å². The Hall–Kier alpha value is -2.85. The molecule has 0 saturated heterocycles. The lowest BCUT2D eigenvalue weighted by atomic mass is 10.1. The van der Waals surface area contributed by atoms with E-state index in [9.17, 15) is 4.79 Å². The molecule has 0 aliphatic carbocycles. The molecule has 0 saturated carbocycles. The van der Waals surface area contributed by atoms with Gasteiger partial charge in [-0.2, -0.15) is 0 Å². The molecule has 1 aromatic heterocycles. The van der Waals surface area contributed by atoms with Gasteiger partial charge in [0.15, 0.2) is 0 Å². The Morgan fingerprint density at radius 2 is 1.74 bits per heavy atom. The summed E-state index contributed by atoms with van der Waals surface area (Å²) in [6.07, 6.45) is 3.70. The Morgan fingerprint density at radius 3 is 2.48 bits per heavy atom. The van der Waals surface area contributed by atoms with E-state index >= 15 is 0 Å². The van der Waals surface area contributed by atoms with Crippen LogP contribution in [0.5, 0.6) is 0 Å². The second-order valence-electron chi connectivity index (χ2n) is 6.27. The highest BCUT2D eigenvalue weighted by molar-refractivity contribution is 6.30. The molecule has 0 atom stereocenters. The molecule has 0 fully saturated rings. The first-order valence-corrected chi connectivity index (χ1v) is 9.35. The number of carbonyl (C=O) groups excluding carboxylic acids is 1. The Labute approximate surface area is 164 Å². The smallest absolute Gasteiger partial charge is 0.224 e. The Kier molecular flexibility index (Phi) is 6.83. The molecule has 5 heteroatoms. The molecule has 0 aliphatic rings. The van der Waals surface area contributed by atoms with Crippen molar-refractivity contribution < 1.29 is 4.79 Å². The zero-order chi connectivity index (χ0) is 18.9. The topological polar surface area (TPSA) is 54.0 Å². The Balaban J connectivity index is 1.42. The molecule has 138 valence electrons. The molecule has 0 unspecified atom stereocenters. The molecule has 0 bridgehead atoms. The number of rotatable bonds is 8. The average Bonchev–Trinajstić information content (AvgIpc) is 2.69. The number of amides is 1. The number of nitrogens with zero attached hydrogens (tertiary/aromatic N) is 1. The van der Waals surface area contributed by atoms with Crippen molar-refractivity contribution >= 4 is 29.0 Å². The maximum absolute atomic E-state index is 12.1. The van der Waals surface area contributed by atoms with Crippen LogP contribution in [0.3, 0.4) is 0 Å². The van der Waals surface area contributed by atoms with Gasteiger partial charge in [-0.25, -0.2) is 4.98 Å². The molecule has 0 radical (unpaired) electrons. The SMILES string of the molecule is O=C(CCc1ccccc1)Nc1ccc(NCCc2cccc(Cl)c2)nc1. The minimum Gasteiger partial charge on any atom is -0.370 e. The zero-order valence-corrected chi connectivity index (χ0v) is 15.7. The summed E-state index contributed by atoms with van der Waals surface area (Å²) in [5.41, 5.74) is 3.04. The molecule has 3 rings (SSSR count). The second-order valence-corrected chi connectivity index (χ2v) is 6.71. The number of hydrogen-bond donors (Lipinski definition) is 2. The quantitative estimate of drug-likeness (QED) is 0.581. The largest absolute Gasteiger partial charge is 0.370 e. The Bertz CT molecular complexity index is 866. The number of pyridine rings is 1. The van der Waals surface area contributed by atoms with Crippen molar-refractivity contribution in [2.24, 2.45) is 0 Å². The number of anilines is 2. The van der Waals surface area contributed by atoms with Crippen LogP contribution < -0.4 is 10.6 Å². The van der Waals surface area contributed by atoms with Gasteiger partial charge in [0.1, 0.15) is 5.82 Å². The number of carbonyl (C=O) groups is 1. The number of aromatic nitrogens is 1. The van der Waals surface area contributed by atoms with Crippen LogP contribution in [0.1, 0.15) is 17.5 Å². The van der Waals surface area contributed by atoms with E-state index in [4.69, 9.17) is 11.6 Å². The Morgan fingerprint density at radius 1 is 0.926 bits per heavy atom. The van der Waals surface area contributed by atoms with Crippen molar-refractivity contribution in [3.8, 4) is 0 Å². The molecule has 1 amide bonds. The third-order valence-electron chi connectivity index (χ3n) is 4.14. The summed E-state index contributed by atoms with van der Waals surface area (Å²) >= 11 is 5.99. The van der Waals surface area contributed by atoms with Gasteiger partial charge < -0.3 is 10.6 Å². The highest BCUT2D eigenvalue weighted by Crippen LogP contribution is 2.13. The van der Waals surface area contributed by atoms with Gasteiger partial charge in [-0.3, -0.25) is 4.79 Å². The standard InChI is InChI=1S/C22H22ClN3O/c23-19-8-4-7-18(15-19)13-14-24-21-11-10-20(16-25-21)26-22(27)12-9-17-5-2-1-3-6-17/h1-8,10-11,15-16H,9,12-14H2,(H,24,25)(H,26,27). The van der Waals surface area contributed by atoms with Crippen molar-refractivity contribution in [3.63, 3.8) is 0 Å². The minimum atomic E-state index is -0.0117. The van der Waals surface area contributed by atoms with Crippen molar-refractivity contribution in [1.29, 1.82) is 0 Å². The predicted molar refractivity (Wildman–Crippen MR) is 111 cm³/mol. The molecule has 4 nitrogen and oxygen atoms in total. The van der Waals surface area contributed by atoms with E-state index in [2.05, 4.69) is 21.7 Å². The normalized spacial score (nSPS) is 10.4. The number of halogens is 1. The average molecular weight is 380 g/mol. The van der Waals surface area contributed by atoms with Gasteiger partial charge >= 0.3 is 0 Å². The molecule has 0 aliphatic heterocycles. The van der Waals surface area contributed by atoms with Crippen molar-refractivity contribution in [2.75, 3.05) is 17.2 Å². The number of hydrogen-bond acceptors (Lipinski definition) is 3. The van der Waals surface area contributed by atoms with E-state index in [1.54, 1.807) is 6.20 Å². The highest BCUT2D eigenvalue weighted by Gasteiger charge is 2.04. The van der Waals surface area contributed by atoms with Crippen LogP contribution in [-0.4, -0.2) is 17.4 Å². The van der Waals surface area contributed by atoms with Gasteiger partial charge in [-0.1, -0.05) is 54.1 Å². The van der Waals surface area contributed by atoms with Crippen LogP contribution >= 0.6 is 11.6 Å². The lowest BCUT2D eigenvalue weighted by Crippen LogP contribution is -2.13. The van der Waals surface area contributed by atoms with Crippen molar-refractivity contribution in [2.45, 2.75) is 19.3 Å². The van der Waals surface area contributed by atoms with Crippen LogP contribution in [-0.2, 0) is 17.6 Å². The van der Waals surface area contributed by atoms with E-state index in [-0.39, 0.29) is 5.91 Å². The molecule has 27 heavy (non-hydrogen) atoms. The second kappa shape index (κ2) is 9.74. The van der Waals surface area contributed by atoms with Crippen LogP contribution in [0.4, 0.5) is 11.5 Å². The molecule has 2 N–H and O–H groups in total. The molecular formula is C22H22ClN3O. The number of aryl methyl sites for hydroxylation is 1. The molecular weight excluding hydrogens is 358 g/mol. The molecule has 1 heterocycles. The summed E-state index contributed by atoms with van der Waals surface area (Å²) < 4.78 is 0. The summed E-state index contributed by atoms with van der Waals surface area (Å²) in [4.78, 5) is 16.4. The lowest BCUT2D eigenvalue weighted by molar-refractivity contribution is -0.116. The highest BCUT2D eigenvalue weighted by atomic mass is 35.5. The fourth-order valence-corrected chi connectivity index (χ4v) is 2.94. The maximum atomic E-state index is 12.1. The third kappa shape index (κ3) is 6.42. The first-order chi connectivity index (χ1) is 13.2. The van der Waals surface area contributed by atoms with Gasteiger partial charge in [0.05, 0.1) is 11.9 Å². The van der Waals surface area contributed by atoms with Crippen LogP contribution in [0.25, 0.3) is 0 Å². The van der Waals surface area contributed by atoms with Crippen LogP contribution in [0.15, 0.2) is 72.9 Å².